The second kappa shape index (κ2) is 8.61. The molecule has 3 rings (SSSR count). The quantitative estimate of drug-likeness (QED) is 0.510. The number of amides is 1. The van der Waals surface area contributed by atoms with Crippen LogP contribution in [0.5, 0.6) is 0 Å². The van der Waals surface area contributed by atoms with E-state index in [-0.39, 0.29) is 17.8 Å². The highest BCUT2D eigenvalue weighted by molar-refractivity contribution is 7.98. The van der Waals surface area contributed by atoms with Crippen molar-refractivity contribution in [1.82, 2.24) is 9.55 Å². The fraction of sp³-hybridized carbons (Fsp3) is 0.100. The number of pyridine rings is 2. The van der Waals surface area contributed by atoms with Gasteiger partial charge in [-0.1, -0.05) is 6.07 Å². The molecule has 0 aliphatic carbocycles. The summed E-state index contributed by atoms with van der Waals surface area (Å²) in [4.78, 5) is 41.0. The van der Waals surface area contributed by atoms with E-state index in [1.54, 1.807) is 36.7 Å². The zero-order chi connectivity index (χ0) is 21.0. The summed E-state index contributed by atoms with van der Waals surface area (Å²) in [5.41, 5.74) is 5.92. The molecule has 29 heavy (non-hydrogen) atoms. The van der Waals surface area contributed by atoms with Crippen LogP contribution in [-0.2, 0) is 6.54 Å². The van der Waals surface area contributed by atoms with Crippen molar-refractivity contribution in [2.45, 2.75) is 11.4 Å². The van der Waals surface area contributed by atoms with Crippen LogP contribution in [0, 0.1) is 0 Å². The maximum Gasteiger partial charge on any atom is 0.343 e. The van der Waals surface area contributed by atoms with Crippen LogP contribution in [0.4, 0.5) is 5.69 Å². The lowest BCUT2D eigenvalue weighted by Crippen LogP contribution is -2.27. The van der Waals surface area contributed by atoms with Gasteiger partial charge in [0.15, 0.2) is 0 Å². The number of carboxylic acids is 1. The summed E-state index contributed by atoms with van der Waals surface area (Å²) < 4.78 is 1.24. The van der Waals surface area contributed by atoms with Gasteiger partial charge in [0.2, 0.25) is 5.91 Å². The third kappa shape index (κ3) is 4.30. The van der Waals surface area contributed by atoms with Gasteiger partial charge in [0, 0.05) is 22.9 Å². The lowest BCUT2D eigenvalue weighted by Gasteiger charge is -2.15. The third-order valence-electron chi connectivity index (χ3n) is 4.22. The predicted molar refractivity (Wildman–Crippen MR) is 111 cm³/mol. The number of thioether (sulfide) groups is 1. The molecule has 0 atom stereocenters. The van der Waals surface area contributed by atoms with Crippen molar-refractivity contribution in [1.29, 1.82) is 0 Å². The molecule has 0 aliphatic heterocycles. The number of carbonyl (C=O) groups excluding carboxylic acids is 1. The smallest absolute Gasteiger partial charge is 0.343 e. The van der Waals surface area contributed by atoms with Gasteiger partial charge in [-0.25, -0.2) is 4.79 Å². The van der Waals surface area contributed by atoms with Crippen LogP contribution in [0.2, 0.25) is 0 Å². The molecule has 0 radical (unpaired) electrons. The number of hydrogen-bond acceptors (Lipinski definition) is 6. The van der Waals surface area contributed by atoms with E-state index < -0.39 is 17.4 Å². The first-order valence-corrected chi connectivity index (χ1v) is 9.75. The van der Waals surface area contributed by atoms with Crippen LogP contribution < -0.4 is 16.6 Å². The number of rotatable bonds is 7. The van der Waals surface area contributed by atoms with Crippen LogP contribution >= 0.6 is 11.8 Å². The van der Waals surface area contributed by atoms with E-state index in [0.29, 0.717) is 21.8 Å². The number of benzene rings is 1. The minimum absolute atomic E-state index is 0.198. The van der Waals surface area contributed by atoms with E-state index in [1.807, 2.05) is 6.07 Å². The van der Waals surface area contributed by atoms with E-state index in [9.17, 15) is 19.5 Å². The molecule has 2 aromatic heterocycles. The van der Waals surface area contributed by atoms with Gasteiger partial charge in [-0.3, -0.25) is 19.1 Å². The van der Waals surface area contributed by atoms with Crippen molar-refractivity contribution < 1.29 is 14.7 Å². The van der Waals surface area contributed by atoms with E-state index in [0.717, 1.165) is 0 Å². The van der Waals surface area contributed by atoms with Gasteiger partial charge < -0.3 is 16.2 Å². The zero-order valence-corrected chi connectivity index (χ0v) is 16.3. The lowest BCUT2D eigenvalue weighted by molar-refractivity contribution is 0.0695. The monoisotopic (exact) mass is 410 g/mol. The number of aromatic carboxylic acids is 1. The fourth-order valence-corrected chi connectivity index (χ4v) is 3.42. The summed E-state index contributed by atoms with van der Waals surface area (Å²) in [5.74, 6) is -1.92. The minimum atomic E-state index is -1.34. The maximum atomic E-state index is 13.0. The Morgan fingerprint density at radius 3 is 2.66 bits per heavy atom. The van der Waals surface area contributed by atoms with Crippen LogP contribution in [0.15, 0.2) is 64.5 Å². The largest absolute Gasteiger partial charge is 0.477 e. The number of carbonyl (C=O) groups is 2. The first-order chi connectivity index (χ1) is 13.9. The number of nitrogens with two attached hydrogens (primary N) is 1. The maximum absolute atomic E-state index is 13.0. The molecule has 0 spiro atoms. The Hall–Kier alpha value is -3.59. The standard InChI is InChI=1S/C20H18N4O4S/c1-29-16-10-12(18(21)25)5-6-15(16)24-9-7-14(17(19(24)26)20(27)28)23-11-13-4-2-3-8-22-13/h2-10,23H,11H2,1H3,(H2,21,25)(H,27,28). The summed E-state index contributed by atoms with van der Waals surface area (Å²) in [6.45, 7) is 0.272. The molecule has 0 fully saturated rings. The van der Waals surface area contributed by atoms with Crippen LogP contribution in [0.25, 0.3) is 5.69 Å². The summed E-state index contributed by atoms with van der Waals surface area (Å²) >= 11 is 1.32. The molecule has 148 valence electrons. The molecule has 1 aromatic carbocycles. The van der Waals surface area contributed by atoms with Crippen LogP contribution in [-0.4, -0.2) is 32.8 Å². The van der Waals surface area contributed by atoms with Gasteiger partial charge >= 0.3 is 5.97 Å². The van der Waals surface area contributed by atoms with E-state index >= 15 is 0 Å². The van der Waals surface area contributed by atoms with E-state index in [1.165, 1.54) is 34.7 Å². The van der Waals surface area contributed by atoms with Gasteiger partial charge in [0.1, 0.15) is 5.56 Å². The zero-order valence-electron chi connectivity index (χ0n) is 15.5. The topological polar surface area (TPSA) is 127 Å². The van der Waals surface area contributed by atoms with Crippen molar-refractivity contribution in [3.63, 3.8) is 0 Å². The molecule has 8 nitrogen and oxygen atoms in total. The van der Waals surface area contributed by atoms with E-state index in [4.69, 9.17) is 5.73 Å². The van der Waals surface area contributed by atoms with Crippen molar-refractivity contribution in [2.24, 2.45) is 5.73 Å². The average molecular weight is 410 g/mol. The summed E-state index contributed by atoms with van der Waals surface area (Å²) in [7, 11) is 0. The summed E-state index contributed by atoms with van der Waals surface area (Å²) in [6.07, 6.45) is 4.91. The average Bonchev–Trinajstić information content (AvgIpc) is 2.72. The Morgan fingerprint density at radius 1 is 1.24 bits per heavy atom. The lowest BCUT2D eigenvalue weighted by atomic mass is 10.1. The van der Waals surface area contributed by atoms with Gasteiger partial charge in [0.05, 0.1) is 23.6 Å². The molecule has 0 aliphatic rings. The number of carboxylic acid groups (broad SMARTS) is 1. The second-order valence-electron chi connectivity index (χ2n) is 6.01. The highest BCUT2D eigenvalue weighted by atomic mass is 32.2. The predicted octanol–water partition coefficient (Wildman–Crippen LogP) is 2.36. The van der Waals surface area contributed by atoms with Crippen molar-refractivity contribution >= 4 is 29.3 Å². The minimum Gasteiger partial charge on any atom is -0.477 e. The van der Waals surface area contributed by atoms with Gasteiger partial charge in [-0.2, -0.15) is 0 Å². The number of aromatic nitrogens is 2. The molecule has 0 bridgehead atoms. The molecule has 4 N–H and O–H groups in total. The first kappa shape index (κ1) is 20.2. The Kier molecular flexibility index (Phi) is 5.99. The van der Waals surface area contributed by atoms with Crippen LogP contribution in [0.3, 0.4) is 0 Å². The van der Waals surface area contributed by atoms with Crippen molar-refractivity contribution in [3.8, 4) is 5.69 Å². The summed E-state index contributed by atoms with van der Waals surface area (Å²) in [5, 5.41) is 12.6. The molecule has 1 amide bonds. The molecular weight excluding hydrogens is 392 g/mol. The molecule has 0 unspecified atom stereocenters. The fourth-order valence-electron chi connectivity index (χ4n) is 2.80. The number of primary amides is 1. The number of anilines is 1. The van der Waals surface area contributed by atoms with Gasteiger partial charge in [-0.05, 0) is 42.7 Å². The molecule has 3 aromatic rings. The van der Waals surface area contributed by atoms with Gasteiger partial charge in [0.25, 0.3) is 5.56 Å². The third-order valence-corrected chi connectivity index (χ3v) is 4.98. The van der Waals surface area contributed by atoms with Crippen LogP contribution in [0.1, 0.15) is 26.4 Å². The van der Waals surface area contributed by atoms with Crippen molar-refractivity contribution in [2.75, 3.05) is 11.6 Å². The Bertz CT molecular complexity index is 1130. The molecular formula is C20H18N4O4S. The molecule has 0 saturated heterocycles. The van der Waals surface area contributed by atoms with Crippen molar-refractivity contribution in [3.05, 3.63) is 82.0 Å². The molecule has 9 heteroatoms. The van der Waals surface area contributed by atoms with E-state index in [2.05, 4.69) is 10.3 Å². The Balaban J connectivity index is 2.04. The van der Waals surface area contributed by atoms with Gasteiger partial charge in [-0.15, -0.1) is 11.8 Å². The number of nitrogens with zero attached hydrogens (tertiary/aromatic N) is 2. The summed E-state index contributed by atoms with van der Waals surface area (Å²) in [6, 6.07) is 11.6. The number of hydrogen-bond donors (Lipinski definition) is 3. The highest BCUT2D eigenvalue weighted by Gasteiger charge is 2.19. The Labute approximate surface area is 170 Å². The SMILES string of the molecule is CSc1cc(C(N)=O)ccc1-n1ccc(NCc2ccccn2)c(C(=O)O)c1=O. The Morgan fingerprint density at radius 2 is 2.03 bits per heavy atom. The normalized spacial score (nSPS) is 10.5. The number of nitrogens with one attached hydrogen (secondary N) is 1. The molecule has 0 saturated carbocycles. The molecule has 2 heterocycles. The highest BCUT2D eigenvalue weighted by Crippen LogP contribution is 2.25. The first-order valence-electron chi connectivity index (χ1n) is 8.53. The second-order valence-corrected chi connectivity index (χ2v) is 6.86.